The third-order valence-corrected chi connectivity index (χ3v) is 2.77. The van der Waals surface area contributed by atoms with Crippen molar-refractivity contribution in [2.24, 2.45) is 0 Å². The van der Waals surface area contributed by atoms with Crippen molar-refractivity contribution in [3.63, 3.8) is 0 Å². The van der Waals surface area contributed by atoms with Crippen LogP contribution < -0.4 is 4.74 Å². The largest absolute Gasteiger partial charge is 0.481 e. The van der Waals surface area contributed by atoms with Gasteiger partial charge >= 0.3 is 12.1 Å². The lowest BCUT2D eigenvalue weighted by Gasteiger charge is -2.06. The highest BCUT2D eigenvalue weighted by Gasteiger charge is 2.36. The number of carbonyl (C=O) groups is 1. The van der Waals surface area contributed by atoms with Gasteiger partial charge in [0.25, 0.3) is 11.0 Å². The fourth-order valence-electron chi connectivity index (χ4n) is 1.37. The van der Waals surface area contributed by atoms with Crippen LogP contribution in [0.4, 0.5) is 13.2 Å². The second-order valence-electron chi connectivity index (χ2n) is 3.66. The van der Waals surface area contributed by atoms with Gasteiger partial charge in [0.05, 0.1) is 6.42 Å². The van der Waals surface area contributed by atoms with Gasteiger partial charge in [-0.15, -0.1) is 0 Å². The topological polar surface area (TPSA) is 72.3 Å². The molecule has 1 N–H and O–H groups in total. The first-order chi connectivity index (χ1) is 9.36. The molecule has 1 aromatic carbocycles. The number of aromatic nitrogens is 2. The van der Waals surface area contributed by atoms with Crippen LogP contribution in [0.25, 0.3) is 0 Å². The van der Waals surface area contributed by atoms with E-state index in [1.165, 1.54) is 12.1 Å². The number of alkyl halides is 3. The van der Waals surface area contributed by atoms with Crippen LogP contribution in [0.15, 0.2) is 24.3 Å². The zero-order valence-corrected chi connectivity index (χ0v) is 10.5. The predicted molar refractivity (Wildman–Crippen MR) is 62.8 cm³/mol. The van der Waals surface area contributed by atoms with E-state index in [1.807, 2.05) is 0 Å². The van der Waals surface area contributed by atoms with Gasteiger partial charge in [-0.1, -0.05) is 18.2 Å². The minimum absolute atomic E-state index is 0.139. The Morgan fingerprint density at radius 2 is 2.05 bits per heavy atom. The summed E-state index contributed by atoms with van der Waals surface area (Å²) in [6, 6.07) is 6.14. The van der Waals surface area contributed by atoms with Gasteiger partial charge in [-0.2, -0.15) is 22.5 Å². The van der Waals surface area contributed by atoms with Gasteiger partial charge in [0.1, 0.15) is 5.75 Å². The van der Waals surface area contributed by atoms with Gasteiger partial charge in [-0.3, -0.25) is 4.79 Å². The molecule has 9 heteroatoms. The van der Waals surface area contributed by atoms with E-state index < -0.39 is 18.0 Å². The average Bonchev–Trinajstić information content (AvgIpc) is 2.79. The van der Waals surface area contributed by atoms with Crippen molar-refractivity contribution >= 4 is 17.5 Å². The molecule has 0 fully saturated rings. The smallest absolute Gasteiger partial charge is 0.452 e. The van der Waals surface area contributed by atoms with E-state index in [1.54, 1.807) is 12.1 Å². The van der Waals surface area contributed by atoms with E-state index in [2.05, 4.69) is 9.36 Å². The molecule has 0 saturated carbocycles. The summed E-state index contributed by atoms with van der Waals surface area (Å²) in [6.07, 6.45) is -4.94. The Balaban J connectivity index is 2.22. The third-order valence-electron chi connectivity index (χ3n) is 2.17. The summed E-state index contributed by atoms with van der Waals surface area (Å²) < 4.78 is 45.3. The van der Waals surface area contributed by atoms with E-state index in [4.69, 9.17) is 9.84 Å². The summed E-state index contributed by atoms with van der Waals surface area (Å²) >= 11 is 0.448. The molecule has 0 spiro atoms. The Morgan fingerprint density at radius 3 is 2.65 bits per heavy atom. The molecule has 0 radical (unpaired) electrons. The highest BCUT2D eigenvalue weighted by molar-refractivity contribution is 7.07. The maximum Gasteiger partial charge on any atom is 0.452 e. The van der Waals surface area contributed by atoms with Crippen LogP contribution in [-0.4, -0.2) is 20.4 Å². The van der Waals surface area contributed by atoms with Crippen LogP contribution in [0.1, 0.15) is 11.4 Å². The molecule has 0 unspecified atom stereocenters. The zero-order valence-electron chi connectivity index (χ0n) is 9.72. The molecule has 0 aliphatic carbocycles. The van der Waals surface area contributed by atoms with Crippen LogP contribution in [0, 0.1) is 0 Å². The first-order valence-electron chi connectivity index (χ1n) is 5.24. The van der Waals surface area contributed by atoms with Crippen molar-refractivity contribution in [2.75, 3.05) is 0 Å². The Hall–Kier alpha value is -2.16. The van der Waals surface area contributed by atoms with E-state index in [0.717, 1.165) is 0 Å². The fourth-order valence-corrected chi connectivity index (χ4v) is 1.94. The summed E-state index contributed by atoms with van der Waals surface area (Å²) in [5.74, 6) is -2.22. The Morgan fingerprint density at radius 1 is 1.35 bits per heavy atom. The first kappa shape index (κ1) is 14.3. The lowest BCUT2D eigenvalue weighted by molar-refractivity contribution is -0.144. The molecule has 2 rings (SSSR count). The molecule has 0 aliphatic heterocycles. The van der Waals surface area contributed by atoms with E-state index >= 15 is 0 Å². The number of rotatable bonds is 4. The Bertz CT molecular complexity index is 627. The molecule has 2 aromatic rings. The lowest BCUT2D eigenvalue weighted by Crippen LogP contribution is -2.07. The molecule has 0 bridgehead atoms. The second kappa shape index (κ2) is 5.45. The molecule has 0 amide bonds. The average molecular weight is 304 g/mol. The number of carboxylic acids is 1. The van der Waals surface area contributed by atoms with Crippen LogP contribution in [0.2, 0.25) is 0 Å². The number of nitrogens with zero attached hydrogens (tertiary/aromatic N) is 2. The molecule has 106 valence electrons. The summed E-state index contributed by atoms with van der Waals surface area (Å²) in [4.78, 5) is 13.9. The van der Waals surface area contributed by atoms with Gasteiger partial charge in [-0.05, 0) is 6.07 Å². The highest BCUT2D eigenvalue weighted by atomic mass is 32.1. The maximum atomic E-state index is 12.3. The lowest BCUT2D eigenvalue weighted by atomic mass is 10.1. The van der Waals surface area contributed by atoms with E-state index in [-0.39, 0.29) is 17.4 Å². The molecular weight excluding hydrogens is 297 g/mol. The van der Waals surface area contributed by atoms with Gasteiger partial charge in [0.15, 0.2) is 0 Å². The van der Waals surface area contributed by atoms with Crippen molar-refractivity contribution in [3.05, 3.63) is 35.7 Å². The summed E-state index contributed by atoms with van der Waals surface area (Å²) in [5.41, 5.74) is 0.337. The third kappa shape index (κ3) is 3.44. The minimum atomic E-state index is -4.64. The number of ether oxygens (including phenoxy) is 1. The molecule has 1 heterocycles. The van der Waals surface area contributed by atoms with Crippen LogP contribution in [0.3, 0.4) is 0 Å². The fraction of sp³-hybridized carbons (Fsp3) is 0.182. The molecule has 0 atom stereocenters. The number of para-hydroxylation sites is 1. The Kier molecular flexibility index (Phi) is 3.89. The van der Waals surface area contributed by atoms with Gasteiger partial charge < -0.3 is 9.84 Å². The van der Waals surface area contributed by atoms with Crippen molar-refractivity contribution in [1.29, 1.82) is 0 Å². The summed E-state index contributed by atoms with van der Waals surface area (Å²) in [7, 11) is 0. The van der Waals surface area contributed by atoms with Gasteiger partial charge in [-0.25, -0.2) is 0 Å². The number of hydrogen-bond acceptors (Lipinski definition) is 5. The maximum absolute atomic E-state index is 12.3. The van der Waals surface area contributed by atoms with Crippen molar-refractivity contribution < 1.29 is 27.8 Å². The standard InChI is InChI=1S/C11H7F3N2O3S/c12-11(13,14)9-15-10(20-16-9)19-7-4-2-1-3-6(7)5-8(17)18/h1-4H,5H2,(H,17,18). The zero-order chi connectivity index (χ0) is 14.8. The van der Waals surface area contributed by atoms with Crippen molar-refractivity contribution in [1.82, 2.24) is 9.36 Å². The quantitative estimate of drug-likeness (QED) is 0.940. The number of hydrogen-bond donors (Lipinski definition) is 1. The summed E-state index contributed by atoms with van der Waals surface area (Å²) in [5, 5.41) is 8.44. The van der Waals surface area contributed by atoms with E-state index in [0.29, 0.717) is 17.1 Å². The summed E-state index contributed by atoms with van der Waals surface area (Å²) in [6.45, 7) is 0. The molecule has 0 aliphatic rings. The monoisotopic (exact) mass is 304 g/mol. The molecular formula is C11H7F3N2O3S. The number of benzene rings is 1. The van der Waals surface area contributed by atoms with Gasteiger partial charge in [0.2, 0.25) is 0 Å². The number of carboxylic acid groups (broad SMARTS) is 1. The van der Waals surface area contributed by atoms with Crippen LogP contribution in [-0.2, 0) is 17.4 Å². The SMILES string of the molecule is O=C(O)Cc1ccccc1Oc1nc(C(F)(F)F)ns1. The van der Waals surface area contributed by atoms with Crippen molar-refractivity contribution in [2.45, 2.75) is 12.6 Å². The normalized spacial score (nSPS) is 11.3. The molecule has 5 nitrogen and oxygen atoms in total. The molecule has 0 saturated heterocycles. The molecule has 1 aromatic heterocycles. The van der Waals surface area contributed by atoms with Crippen LogP contribution >= 0.6 is 11.5 Å². The van der Waals surface area contributed by atoms with Crippen molar-refractivity contribution in [3.8, 4) is 10.9 Å². The highest BCUT2D eigenvalue weighted by Crippen LogP contribution is 2.32. The second-order valence-corrected chi connectivity index (χ2v) is 4.38. The number of halogens is 3. The van der Waals surface area contributed by atoms with Gasteiger partial charge in [0, 0.05) is 17.1 Å². The first-order valence-corrected chi connectivity index (χ1v) is 6.02. The molecule has 20 heavy (non-hydrogen) atoms. The Labute approximate surface area is 114 Å². The van der Waals surface area contributed by atoms with E-state index in [9.17, 15) is 18.0 Å². The minimum Gasteiger partial charge on any atom is -0.481 e. The van der Waals surface area contributed by atoms with Crippen LogP contribution in [0.5, 0.6) is 10.9 Å². The number of aliphatic carboxylic acids is 1. The predicted octanol–water partition coefficient (Wildman–Crippen LogP) is 2.98.